The zero-order valence-corrected chi connectivity index (χ0v) is 13.1. The van der Waals surface area contributed by atoms with Crippen molar-refractivity contribution in [3.05, 3.63) is 12.2 Å². The molecule has 0 aromatic rings. The third-order valence-electron chi connectivity index (χ3n) is 3.05. The van der Waals surface area contributed by atoms with Crippen LogP contribution >= 0.6 is 0 Å². The summed E-state index contributed by atoms with van der Waals surface area (Å²) in [5.74, 6) is -0.552. The minimum absolute atomic E-state index is 0.141. The number of halogens is 1. The Morgan fingerprint density at radius 2 is 1.86 bits per heavy atom. The van der Waals surface area contributed by atoms with Crippen LogP contribution in [0.5, 0.6) is 0 Å². The van der Waals surface area contributed by atoms with Crippen LogP contribution in [0.4, 0.5) is 9.18 Å². The number of rotatable bonds is 3. The Hall–Kier alpha value is -1.59. The van der Waals surface area contributed by atoms with Gasteiger partial charge in [-0.3, -0.25) is 0 Å². The molecule has 0 aromatic carbocycles. The smallest absolute Gasteiger partial charge is 0.410 e. The zero-order valence-electron chi connectivity index (χ0n) is 13.1. The van der Waals surface area contributed by atoms with Gasteiger partial charge in [-0.2, -0.15) is 0 Å². The van der Waals surface area contributed by atoms with Gasteiger partial charge in [-0.15, -0.1) is 0 Å². The fourth-order valence-electron chi connectivity index (χ4n) is 1.96. The molecule has 21 heavy (non-hydrogen) atoms. The molecule has 1 heterocycles. The van der Waals surface area contributed by atoms with Gasteiger partial charge in [-0.25, -0.2) is 14.0 Å². The number of ether oxygens (including phenoxy) is 2. The maximum absolute atomic E-state index is 14.5. The van der Waals surface area contributed by atoms with E-state index >= 15 is 0 Å². The fraction of sp³-hybridized carbons (Fsp3) is 0.733. The van der Waals surface area contributed by atoms with Gasteiger partial charge in [0.1, 0.15) is 11.3 Å². The number of hydrogen-bond acceptors (Lipinski definition) is 4. The summed E-state index contributed by atoms with van der Waals surface area (Å²) in [5.41, 5.74) is -2.14. The lowest BCUT2D eigenvalue weighted by Gasteiger charge is -2.35. The number of alkyl halides is 1. The highest BCUT2D eigenvalue weighted by atomic mass is 19.1. The topological polar surface area (TPSA) is 55.8 Å². The highest BCUT2D eigenvalue weighted by molar-refractivity contribution is 5.82. The lowest BCUT2D eigenvalue weighted by Crippen LogP contribution is -2.45. The predicted molar refractivity (Wildman–Crippen MR) is 76.7 cm³/mol. The van der Waals surface area contributed by atoms with Crippen LogP contribution < -0.4 is 0 Å². The van der Waals surface area contributed by atoms with Gasteiger partial charge in [-0.05, 0) is 33.8 Å². The molecule has 6 heteroatoms. The summed E-state index contributed by atoms with van der Waals surface area (Å²) < 4.78 is 24.4. The number of carbonyl (C=O) groups is 2. The average molecular weight is 301 g/mol. The van der Waals surface area contributed by atoms with Gasteiger partial charge >= 0.3 is 12.1 Å². The van der Waals surface area contributed by atoms with E-state index in [1.165, 1.54) is 11.0 Å². The summed E-state index contributed by atoms with van der Waals surface area (Å²) in [4.78, 5) is 24.5. The Morgan fingerprint density at radius 3 is 2.33 bits per heavy atom. The SMILES string of the molecule is CCOC(=O)/C=C/C1(F)CCN(C(=O)OC(C)(C)C)CC1. The molecule has 1 aliphatic heterocycles. The first-order chi connectivity index (χ1) is 9.65. The molecule has 1 fully saturated rings. The van der Waals surface area contributed by atoms with Crippen LogP contribution in [0.2, 0.25) is 0 Å². The normalized spacial score (nSPS) is 18.6. The van der Waals surface area contributed by atoms with Crippen molar-refractivity contribution in [2.45, 2.75) is 51.8 Å². The molecule has 0 atom stereocenters. The molecule has 1 aliphatic rings. The molecule has 0 radical (unpaired) electrons. The van der Waals surface area contributed by atoms with E-state index in [9.17, 15) is 14.0 Å². The number of likely N-dealkylation sites (tertiary alicyclic amines) is 1. The van der Waals surface area contributed by atoms with Crippen molar-refractivity contribution in [1.29, 1.82) is 0 Å². The van der Waals surface area contributed by atoms with Gasteiger partial charge in [0.25, 0.3) is 0 Å². The molecule has 0 N–H and O–H groups in total. The number of piperidine rings is 1. The van der Waals surface area contributed by atoms with E-state index < -0.39 is 23.3 Å². The summed E-state index contributed by atoms with van der Waals surface area (Å²) in [6, 6.07) is 0. The Balaban J connectivity index is 2.50. The van der Waals surface area contributed by atoms with Gasteiger partial charge < -0.3 is 14.4 Å². The van der Waals surface area contributed by atoms with Crippen molar-refractivity contribution in [1.82, 2.24) is 4.90 Å². The Bertz CT molecular complexity index is 406. The summed E-state index contributed by atoms with van der Waals surface area (Å²) in [6.07, 6.45) is 2.20. The lowest BCUT2D eigenvalue weighted by atomic mass is 9.93. The molecule has 120 valence electrons. The first-order valence-corrected chi connectivity index (χ1v) is 7.18. The summed E-state index contributed by atoms with van der Waals surface area (Å²) >= 11 is 0. The molecule has 5 nitrogen and oxygen atoms in total. The largest absolute Gasteiger partial charge is 0.463 e. The van der Waals surface area contributed by atoms with Crippen LogP contribution in [0.1, 0.15) is 40.5 Å². The Kier molecular flexibility index (Phi) is 5.75. The van der Waals surface area contributed by atoms with E-state index in [2.05, 4.69) is 0 Å². The van der Waals surface area contributed by atoms with Crippen LogP contribution in [0, 0.1) is 0 Å². The van der Waals surface area contributed by atoms with Crippen LogP contribution in [0.25, 0.3) is 0 Å². The molecular formula is C15H24FNO4. The van der Waals surface area contributed by atoms with Crippen LogP contribution in [-0.2, 0) is 14.3 Å². The lowest BCUT2D eigenvalue weighted by molar-refractivity contribution is -0.137. The number of nitrogens with zero attached hydrogens (tertiary/aromatic N) is 1. The van der Waals surface area contributed by atoms with E-state index in [0.29, 0.717) is 0 Å². The van der Waals surface area contributed by atoms with Crippen LogP contribution in [0.3, 0.4) is 0 Å². The second-order valence-corrected chi connectivity index (χ2v) is 6.09. The maximum Gasteiger partial charge on any atom is 0.410 e. The number of carbonyl (C=O) groups excluding carboxylic acids is 2. The highest BCUT2D eigenvalue weighted by Gasteiger charge is 2.35. The molecule has 0 aliphatic carbocycles. The molecular weight excluding hydrogens is 277 g/mol. The molecule has 0 unspecified atom stereocenters. The van der Waals surface area contributed by atoms with E-state index in [1.807, 2.05) is 0 Å². The maximum atomic E-state index is 14.5. The van der Waals surface area contributed by atoms with Crippen molar-refractivity contribution in [2.75, 3.05) is 19.7 Å². The van der Waals surface area contributed by atoms with Crippen LogP contribution in [0.15, 0.2) is 12.2 Å². The van der Waals surface area contributed by atoms with Gasteiger partial charge in [0.2, 0.25) is 0 Å². The molecule has 0 aromatic heterocycles. The number of esters is 1. The summed E-state index contributed by atoms with van der Waals surface area (Å²) in [6.45, 7) is 7.84. The quantitative estimate of drug-likeness (QED) is 0.594. The molecule has 0 bridgehead atoms. The zero-order chi connectivity index (χ0) is 16.1. The number of amides is 1. The molecule has 1 saturated heterocycles. The first-order valence-electron chi connectivity index (χ1n) is 7.18. The average Bonchev–Trinajstić information content (AvgIpc) is 2.36. The fourth-order valence-corrected chi connectivity index (χ4v) is 1.96. The van der Waals surface area contributed by atoms with Gasteiger partial charge in [0.05, 0.1) is 6.61 Å². The molecule has 1 rings (SSSR count). The standard InChI is InChI=1S/C15H24FNO4/c1-5-20-12(18)6-7-15(16)8-10-17(11-9-15)13(19)21-14(2,3)4/h6-7H,5,8-11H2,1-4H3/b7-6+. The van der Waals surface area contributed by atoms with E-state index in [0.717, 1.165) is 6.08 Å². The van der Waals surface area contributed by atoms with Gasteiger partial charge in [0, 0.05) is 32.0 Å². The predicted octanol–water partition coefficient (Wildman–Crippen LogP) is 2.84. The van der Waals surface area contributed by atoms with Crippen molar-refractivity contribution in [3.63, 3.8) is 0 Å². The monoisotopic (exact) mass is 301 g/mol. The number of allylic oxidation sites excluding steroid dienone is 1. The second-order valence-electron chi connectivity index (χ2n) is 6.09. The van der Waals surface area contributed by atoms with Crippen LogP contribution in [-0.4, -0.2) is 47.9 Å². The summed E-state index contributed by atoms with van der Waals surface area (Å²) in [5, 5.41) is 0. The third kappa shape index (κ3) is 6.14. The molecule has 0 saturated carbocycles. The van der Waals surface area contributed by atoms with Crippen molar-refractivity contribution in [3.8, 4) is 0 Å². The highest BCUT2D eigenvalue weighted by Crippen LogP contribution is 2.28. The second kappa shape index (κ2) is 6.91. The van der Waals surface area contributed by atoms with E-state index in [-0.39, 0.29) is 32.5 Å². The van der Waals surface area contributed by atoms with E-state index in [1.54, 1.807) is 27.7 Å². The summed E-state index contributed by atoms with van der Waals surface area (Å²) in [7, 11) is 0. The first kappa shape index (κ1) is 17.5. The Morgan fingerprint density at radius 1 is 1.29 bits per heavy atom. The van der Waals surface area contributed by atoms with Gasteiger partial charge in [-0.1, -0.05) is 0 Å². The third-order valence-corrected chi connectivity index (χ3v) is 3.05. The molecule has 1 amide bonds. The number of hydrogen-bond donors (Lipinski definition) is 0. The Labute approximate surface area is 125 Å². The van der Waals surface area contributed by atoms with Crippen molar-refractivity contribution >= 4 is 12.1 Å². The van der Waals surface area contributed by atoms with Crippen molar-refractivity contribution < 1.29 is 23.5 Å². The minimum Gasteiger partial charge on any atom is -0.463 e. The van der Waals surface area contributed by atoms with Crippen molar-refractivity contribution in [2.24, 2.45) is 0 Å². The van der Waals surface area contributed by atoms with E-state index in [4.69, 9.17) is 9.47 Å². The molecule has 0 spiro atoms. The van der Waals surface area contributed by atoms with Gasteiger partial charge in [0.15, 0.2) is 0 Å². The minimum atomic E-state index is -1.58.